The van der Waals surface area contributed by atoms with E-state index in [1.165, 1.54) is 0 Å². The highest BCUT2D eigenvalue weighted by Gasteiger charge is 2.23. The number of ether oxygens (including phenoxy) is 2. The number of hydrogen-bond donors (Lipinski definition) is 2. The predicted molar refractivity (Wildman–Crippen MR) is 93.7 cm³/mol. The highest BCUT2D eigenvalue weighted by molar-refractivity contribution is 5.85. The summed E-state index contributed by atoms with van der Waals surface area (Å²) in [6, 6.07) is 3.73. The maximum Gasteiger partial charge on any atom is 0.237 e. The first-order valence-corrected chi connectivity index (χ1v) is 7.83. The number of rotatable bonds is 5. The Morgan fingerprint density at radius 2 is 1.91 bits per heavy atom. The van der Waals surface area contributed by atoms with Crippen molar-refractivity contribution in [1.29, 1.82) is 0 Å². The summed E-state index contributed by atoms with van der Waals surface area (Å²) in [5, 5.41) is 6.37. The van der Waals surface area contributed by atoms with Gasteiger partial charge in [0.25, 0.3) is 0 Å². The van der Waals surface area contributed by atoms with Gasteiger partial charge in [-0.1, -0.05) is 6.42 Å². The normalized spacial score (nSPS) is 18.5. The van der Waals surface area contributed by atoms with Gasteiger partial charge in [0.2, 0.25) is 5.91 Å². The van der Waals surface area contributed by atoms with Crippen LogP contribution in [-0.4, -0.2) is 32.7 Å². The molecule has 0 aliphatic carbocycles. The molecule has 1 aromatic carbocycles. The van der Waals surface area contributed by atoms with E-state index < -0.39 is 0 Å². The fourth-order valence-corrected chi connectivity index (χ4v) is 2.93. The SMILES string of the molecule is COc1cc(C)c(C(C)NC(=O)C2CCCCN2)cc1OC.Cl. The van der Waals surface area contributed by atoms with Crippen LogP contribution in [0.25, 0.3) is 0 Å². The summed E-state index contributed by atoms with van der Waals surface area (Å²) in [6.07, 6.45) is 3.16. The Hall–Kier alpha value is -1.46. The lowest BCUT2D eigenvalue weighted by atomic mass is 10.00. The molecule has 2 N–H and O–H groups in total. The Balaban J connectivity index is 0.00000264. The molecule has 6 heteroatoms. The summed E-state index contributed by atoms with van der Waals surface area (Å²) < 4.78 is 10.7. The van der Waals surface area contributed by atoms with Crippen LogP contribution < -0.4 is 20.1 Å². The van der Waals surface area contributed by atoms with Crippen molar-refractivity contribution in [2.45, 2.75) is 45.2 Å². The van der Waals surface area contributed by atoms with Crippen molar-refractivity contribution in [2.75, 3.05) is 20.8 Å². The Labute approximate surface area is 144 Å². The maximum atomic E-state index is 12.3. The van der Waals surface area contributed by atoms with Gasteiger partial charge in [-0.25, -0.2) is 0 Å². The smallest absolute Gasteiger partial charge is 0.237 e. The molecule has 1 aliphatic rings. The third-order valence-electron chi connectivity index (χ3n) is 4.22. The van der Waals surface area contributed by atoms with Gasteiger partial charge >= 0.3 is 0 Å². The van der Waals surface area contributed by atoms with Crippen molar-refractivity contribution < 1.29 is 14.3 Å². The van der Waals surface area contributed by atoms with E-state index in [1.807, 2.05) is 26.0 Å². The zero-order chi connectivity index (χ0) is 16.1. The van der Waals surface area contributed by atoms with Crippen LogP contribution in [0.1, 0.15) is 43.4 Å². The van der Waals surface area contributed by atoms with E-state index in [4.69, 9.17) is 9.47 Å². The number of benzene rings is 1. The fourth-order valence-electron chi connectivity index (χ4n) is 2.93. The first kappa shape index (κ1) is 19.6. The van der Waals surface area contributed by atoms with E-state index in [0.29, 0.717) is 11.5 Å². The second-order valence-corrected chi connectivity index (χ2v) is 5.80. The number of carbonyl (C=O) groups excluding carboxylic acids is 1. The fraction of sp³-hybridized carbons (Fsp3) is 0.588. The molecule has 0 radical (unpaired) electrons. The zero-order valence-corrected chi connectivity index (χ0v) is 15.1. The second kappa shape index (κ2) is 8.99. The van der Waals surface area contributed by atoms with E-state index in [1.54, 1.807) is 14.2 Å². The number of nitrogens with one attached hydrogen (secondary N) is 2. The van der Waals surface area contributed by atoms with Gasteiger partial charge in [0, 0.05) is 0 Å². The third kappa shape index (κ3) is 4.75. The molecule has 23 heavy (non-hydrogen) atoms. The Morgan fingerprint density at radius 1 is 1.26 bits per heavy atom. The van der Waals surface area contributed by atoms with Gasteiger partial charge in [-0.15, -0.1) is 12.4 Å². The molecule has 0 spiro atoms. The minimum Gasteiger partial charge on any atom is -0.493 e. The summed E-state index contributed by atoms with van der Waals surface area (Å²) in [6.45, 7) is 4.93. The molecular weight excluding hydrogens is 316 g/mol. The van der Waals surface area contributed by atoms with Gasteiger partial charge in [0.1, 0.15) is 0 Å². The van der Waals surface area contributed by atoms with Crippen LogP contribution in [0, 0.1) is 6.92 Å². The number of carbonyl (C=O) groups is 1. The molecule has 5 nitrogen and oxygen atoms in total. The lowest BCUT2D eigenvalue weighted by molar-refractivity contribution is -0.124. The van der Waals surface area contributed by atoms with Crippen LogP contribution in [0.2, 0.25) is 0 Å². The molecule has 0 saturated carbocycles. The molecule has 1 aliphatic heterocycles. The number of halogens is 1. The lowest BCUT2D eigenvalue weighted by Crippen LogP contribution is -2.47. The average molecular weight is 343 g/mol. The largest absolute Gasteiger partial charge is 0.493 e. The van der Waals surface area contributed by atoms with Gasteiger partial charge in [-0.05, 0) is 56.5 Å². The van der Waals surface area contributed by atoms with Crippen molar-refractivity contribution >= 4 is 18.3 Å². The van der Waals surface area contributed by atoms with E-state index >= 15 is 0 Å². The van der Waals surface area contributed by atoms with Gasteiger partial charge in [0.15, 0.2) is 11.5 Å². The van der Waals surface area contributed by atoms with Gasteiger partial charge in [-0.2, -0.15) is 0 Å². The summed E-state index contributed by atoms with van der Waals surface area (Å²) in [5.41, 5.74) is 2.11. The van der Waals surface area contributed by atoms with Crippen LogP contribution in [0.5, 0.6) is 11.5 Å². The second-order valence-electron chi connectivity index (χ2n) is 5.80. The number of hydrogen-bond acceptors (Lipinski definition) is 4. The Morgan fingerprint density at radius 3 is 2.48 bits per heavy atom. The van der Waals surface area contributed by atoms with E-state index in [2.05, 4.69) is 10.6 Å². The van der Waals surface area contributed by atoms with Crippen molar-refractivity contribution in [1.82, 2.24) is 10.6 Å². The molecule has 1 amide bonds. The summed E-state index contributed by atoms with van der Waals surface area (Å²) in [7, 11) is 3.24. The summed E-state index contributed by atoms with van der Waals surface area (Å²) in [5.74, 6) is 1.46. The Kier molecular flexibility index (Phi) is 7.65. The minimum absolute atomic E-state index is 0. The van der Waals surface area contributed by atoms with E-state index in [9.17, 15) is 4.79 Å². The Bertz CT molecular complexity index is 531. The summed E-state index contributed by atoms with van der Waals surface area (Å²) in [4.78, 5) is 12.3. The molecule has 2 atom stereocenters. The number of amides is 1. The molecule has 2 unspecified atom stereocenters. The molecule has 0 bridgehead atoms. The highest BCUT2D eigenvalue weighted by Crippen LogP contribution is 2.32. The minimum atomic E-state index is -0.0731. The number of methoxy groups -OCH3 is 2. The van der Waals surface area contributed by atoms with Gasteiger partial charge in [-0.3, -0.25) is 4.79 Å². The molecule has 1 fully saturated rings. The van der Waals surface area contributed by atoms with Gasteiger partial charge in [0.05, 0.1) is 26.3 Å². The molecule has 0 aromatic heterocycles. The zero-order valence-electron chi connectivity index (χ0n) is 14.3. The summed E-state index contributed by atoms with van der Waals surface area (Å²) >= 11 is 0. The molecule has 130 valence electrons. The predicted octanol–water partition coefficient (Wildman–Crippen LogP) is 2.75. The van der Waals surface area contributed by atoms with Crippen molar-refractivity contribution in [3.05, 3.63) is 23.3 Å². The molecule has 1 aromatic rings. The van der Waals surface area contributed by atoms with Crippen molar-refractivity contribution in [3.8, 4) is 11.5 Å². The first-order chi connectivity index (χ1) is 10.6. The maximum absolute atomic E-state index is 12.3. The van der Waals surface area contributed by atoms with Crippen LogP contribution in [0.3, 0.4) is 0 Å². The first-order valence-electron chi connectivity index (χ1n) is 7.83. The molecule has 2 rings (SSSR count). The lowest BCUT2D eigenvalue weighted by Gasteiger charge is -2.25. The van der Waals surface area contributed by atoms with Crippen LogP contribution in [0.15, 0.2) is 12.1 Å². The average Bonchev–Trinajstić information content (AvgIpc) is 2.55. The molecule has 1 heterocycles. The van der Waals surface area contributed by atoms with Crippen LogP contribution in [0.4, 0.5) is 0 Å². The third-order valence-corrected chi connectivity index (χ3v) is 4.22. The van der Waals surface area contributed by atoms with Crippen LogP contribution in [-0.2, 0) is 4.79 Å². The highest BCUT2D eigenvalue weighted by atomic mass is 35.5. The monoisotopic (exact) mass is 342 g/mol. The quantitative estimate of drug-likeness (QED) is 0.863. The van der Waals surface area contributed by atoms with E-state index in [-0.39, 0.29) is 30.4 Å². The van der Waals surface area contributed by atoms with Crippen molar-refractivity contribution in [3.63, 3.8) is 0 Å². The topological polar surface area (TPSA) is 59.6 Å². The van der Waals surface area contributed by atoms with Gasteiger partial charge < -0.3 is 20.1 Å². The van der Waals surface area contributed by atoms with Crippen LogP contribution >= 0.6 is 12.4 Å². The van der Waals surface area contributed by atoms with E-state index in [0.717, 1.165) is 36.9 Å². The molecular formula is C17H27ClN2O3. The number of piperidine rings is 1. The molecule has 1 saturated heterocycles. The number of aryl methyl sites for hydroxylation is 1. The van der Waals surface area contributed by atoms with Crippen molar-refractivity contribution in [2.24, 2.45) is 0 Å². The standard InChI is InChI=1S/C17H26N2O3.ClH/c1-11-9-15(21-3)16(22-4)10-13(11)12(2)19-17(20)14-7-5-6-8-18-14;/h9-10,12,14,18H,5-8H2,1-4H3,(H,19,20);1H.